The molecule has 0 saturated carbocycles. The third-order valence-electron chi connectivity index (χ3n) is 4.85. The zero-order valence-corrected chi connectivity index (χ0v) is 14.5. The summed E-state index contributed by atoms with van der Waals surface area (Å²) in [5.41, 5.74) is -0.511. The SMILES string of the molecule is CC1(C)C(C(F)(F)F)CCN1C(=O)NCc1ncnn1-c1ccccc1. The van der Waals surface area contributed by atoms with Crippen LogP contribution >= 0.6 is 0 Å². The summed E-state index contributed by atoms with van der Waals surface area (Å²) < 4.78 is 41.1. The van der Waals surface area contributed by atoms with Crippen molar-refractivity contribution in [3.05, 3.63) is 42.5 Å². The summed E-state index contributed by atoms with van der Waals surface area (Å²) in [4.78, 5) is 17.8. The van der Waals surface area contributed by atoms with Gasteiger partial charge < -0.3 is 10.2 Å². The molecule has 1 N–H and O–H groups in total. The maximum absolute atomic E-state index is 13.2. The lowest BCUT2D eigenvalue weighted by molar-refractivity contribution is -0.189. The Bertz CT molecular complexity index is 772. The van der Waals surface area contributed by atoms with E-state index in [1.54, 1.807) is 4.68 Å². The monoisotopic (exact) mass is 367 g/mol. The molecule has 1 atom stereocenters. The molecule has 0 aliphatic carbocycles. The lowest BCUT2D eigenvalue weighted by Gasteiger charge is -2.36. The van der Waals surface area contributed by atoms with Crippen LogP contribution in [0, 0.1) is 5.92 Å². The van der Waals surface area contributed by atoms with Gasteiger partial charge in [-0.05, 0) is 32.4 Å². The highest BCUT2D eigenvalue weighted by molar-refractivity contribution is 5.75. The van der Waals surface area contributed by atoms with Crippen molar-refractivity contribution in [2.45, 2.75) is 38.5 Å². The minimum Gasteiger partial charge on any atom is -0.331 e. The molecule has 0 spiro atoms. The van der Waals surface area contributed by atoms with Gasteiger partial charge in [0.05, 0.1) is 23.7 Å². The van der Waals surface area contributed by atoms with Gasteiger partial charge in [-0.2, -0.15) is 18.3 Å². The third kappa shape index (κ3) is 3.38. The van der Waals surface area contributed by atoms with E-state index in [4.69, 9.17) is 0 Å². The number of para-hydroxylation sites is 1. The number of benzene rings is 1. The van der Waals surface area contributed by atoms with Crippen LogP contribution in [0.3, 0.4) is 0 Å². The predicted octanol–water partition coefficient (Wildman–Crippen LogP) is 3.14. The number of amides is 2. The Morgan fingerprint density at radius 2 is 2.00 bits per heavy atom. The molecule has 6 nitrogen and oxygen atoms in total. The highest BCUT2D eigenvalue weighted by Gasteiger charge is 2.56. The van der Waals surface area contributed by atoms with Crippen molar-refractivity contribution in [1.29, 1.82) is 0 Å². The Kier molecular flexibility index (Phi) is 4.64. The summed E-state index contributed by atoms with van der Waals surface area (Å²) in [7, 11) is 0. The number of likely N-dealkylation sites (tertiary alicyclic amines) is 1. The van der Waals surface area contributed by atoms with Crippen LogP contribution in [0.2, 0.25) is 0 Å². The number of carbonyl (C=O) groups is 1. The number of carbonyl (C=O) groups excluding carboxylic acids is 1. The summed E-state index contributed by atoms with van der Waals surface area (Å²) in [6.07, 6.45) is -3.05. The molecule has 1 aliphatic rings. The molecule has 0 bridgehead atoms. The molecule has 1 unspecified atom stereocenters. The van der Waals surface area contributed by atoms with Gasteiger partial charge in [-0.25, -0.2) is 14.5 Å². The van der Waals surface area contributed by atoms with E-state index in [-0.39, 0.29) is 19.5 Å². The first-order valence-corrected chi connectivity index (χ1v) is 8.28. The second-order valence-electron chi connectivity index (χ2n) is 6.77. The Labute approximate surface area is 149 Å². The fraction of sp³-hybridized carbons (Fsp3) is 0.471. The second-order valence-corrected chi connectivity index (χ2v) is 6.77. The van der Waals surface area contributed by atoms with Crippen molar-refractivity contribution in [3.8, 4) is 5.69 Å². The Balaban J connectivity index is 1.69. The molecule has 1 aromatic heterocycles. The fourth-order valence-electron chi connectivity index (χ4n) is 3.44. The molecule has 2 heterocycles. The van der Waals surface area contributed by atoms with E-state index in [1.807, 2.05) is 30.3 Å². The molecule has 9 heteroatoms. The first kappa shape index (κ1) is 18.2. The summed E-state index contributed by atoms with van der Waals surface area (Å²) in [5, 5.41) is 6.79. The van der Waals surface area contributed by atoms with Crippen LogP contribution in [0.25, 0.3) is 5.69 Å². The first-order chi connectivity index (χ1) is 12.2. The number of urea groups is 1. The highest BCUT2D eigenvalue weighted by Crippen LogP contribution is 2.44. The molecule has 3 rings (SSSR count). The van der Waals surface area contributed by atoms with Crippen LogP contribution in [0.1, 0.15) is 26.1 Å². The normalized spacial score (nSPS) is 19.6. The lowest BCUT2D eigenvalue weighted by Crippen LogP contribution is -2.52. The van der Waals surface area contributed by atoms with Crippen molar-refractivity contribution in [2.75, 3.05) is 6.54 Å². The van der Waals surface area contributed by atoms with Gasteiger partial charge in [0.25, 0.3) is 0 Å². The molecule has 26 heavy (non-hydrogen) atoms. The minimum atomic E-state index is -4.33. The average molecular weight is 367 g/mol. The maximum Gasteiger partial charge on any atom is 0.394 e. The molecule has 2 amide bonds. The Morgan fingerprint density at radius 3 is 2.62 bits per heavy atom. The van der Waals surface area contributed by atoms with Crippen molar-refractivity contribution < 1.29 is 18.0 Å². The summed E-state index contributed by atoms with van der Waals surface area (Å²) in [5.74, 6) is -1.04. The summed E-state index contributed by atoms with van der Waals surface area (Å²) in [6.45, 7) is 3.03. The van der Waals surface area contributed by atoms with Crippen molar-refractivity contribution >= 4 is 6.03 Å². The van der Waals surface area contributed by atoms with Crippen molar-refractivity contribution in [1.82, 2.24) is 25.0 Å². The number of nitrogens with zero attached hydrogens (tertiary/aromatic N) is 4. The molecule has 1 fully saturated rings. The number of hydrogen-bond acceptors (Lipinski definition) is 3. The quantitative estimate of drug-likeness (QED) is 0.907. The van der Waals surface area contributed by atoms with E-state index >= 15 is 0 Å². The average Bonchev–Trinajstić information content (AvgIpc) is 3.16. The topological polar surface area (TPSA) is 63.1 Å². The molecular formula is C17H20F3N5O. The van der Waals surface area contributed by atoms with E-state index in [9.17, 15) is 18.0 Å². The van der Waals surface area contributed by atoms with Crippen LogP contribution in [-0.2, 0) is 6.54 Å². The van der Waals surface area contributed by atoms with Crippen molar-refractivity contribution in [3.63, 3.8) is 0 Å². The number of hydrogen-bond donors (Lipinski definition) is 1. The van der Waals surface area contributed by atoms with Crippen LogP contribution in [-0.4, -0.2) is 44.0 Å². The summed E-state index contributed by atoms with van der Waals surface area (Å²) >= 11 is 0. The van der Waals surface area contributed by atoms with Gasteiger partial charge in [0.1, 0.15) is 6.33 Å². The lowest BCUT2D eigenvalue weighted by atomic mass is 9.88. The van der Waals surface area contributed by atoms with Crippen LogP contribution in [0.15, 0.2) is 36.7 Å². The van der Waals surface area contributed by atoms with Gasteiger partial charge in [-0.3, -0.25) is 0 Å². The largest absolute Gasteiger partial charge is 0.394 e. The smallest absolute Gasteiger partial charge is 0.331 e. The number of halogens is 3. The first-order valence-electron chi connectivity index (χ1n) is 8.28. The van der Waals surface area contributed by atoms with Crippen LogP contribution in [0.4, 0.5) is 18.0 Å². The molecule has 1 saturated heterocycles. The van der Waals surface area contributed by atoms with E-state index in [0.29, 0.717) is 5.82 Å². The third-order valence-corrected chi connectivity index (χ3v) is 4.85. The van der Waals surface area contributed by atoms with Crippen LogP contribution < -0.4 is 5.32 Å². The van der Waals surface area contributed by atoms with E-state index < -0.39 is 23.7 Å². The molecule has 140 valence electrons. The van der Waals surface area contributed by atoms with E-state index in [2.05, 4.69) is 15.4 Å². The van der Waals surface area contributed by atoms with E-state index in [1.165, 1.54) is 25.1 Å². The molecule has 1 aromatic carbocycles. The minimum absolute atomic E-state index is 0.0639. The van der Waals surface area contributed by atoms with Gasteiger partial charge in [0.15, 0.2) is 5.82 Å². The van der Waals surface area contributed by atoms with Gasteiger partial charge in [-0.15, -0.1) is 0 Å². The zero-order valence-electron chi connectivity index (χ0n) is 14.5. The molecule has 1 aliphatic heterocycles. The van der Waals surface area contributed by atoms with Crippen molar-refractivity contribution in [2.24, 2.45) is 5.92 Å². The number of nitrogens with one attached hydrogen (secondary N) is 1. The number of aromatic nitrogens is 3. The standard InChI is InChI=1S/C17H20F3N5O/c1-16(2)13(17(18,19)20)8-9-24(16)15(26)21-10-14-22-11-23-25(14)12-6-4-3-5-7-12/h3-7,11,13H,8-10H2,1-2H3,(H,21,26). The Hall–Kier alpha value is -2.58. The second kappa shape index (κ2) is 6.62. The van der Waals surface area contributed by atoms with Gasteiger partial charge >= 0.3 is 12.2 Å². The van der Waals surface area contributed by atoms with Crippen LogP contribution in [0.5, 0.6) is 0 Å². The maximum atomic E-state index is 13.2. The fourth-order valence-corrected chi connectivity index (χ4v) is 3.44. The molecule has 2 aromatic rings. The van der Waals surface area contributed by atoms with E-state index in [0.717, 1.165) is 5.69 Å². The van der Waals surface area contributed by atoms with Gasteiger partial charge in [0, 0.05) is 6.54 Å². The highest BCUT2D eigenvalue weighted by atomic mass is 19.4. The molecule has 0 radical (unpaired) electrons. The van der Waals surface area contributed by atoms with Gasteiger partial charge in [-0.1, -0.05) is 18.2 Å². The predicted molar refractivity (Wildman–Crippen MR) is 88.5 cm³/mol. The Morgan fingerprint density at radius 1 is 1.31 bits per heavy atom. The zero-order chi connectivity index (χ0) is 18.9. The molecular weight excluding hydrogens is 347 g/mol. The van der Waals surface area contributed by atoms with Gasteiger partial charge in [0.2, 0.25) is 0 Å². The number of rotatable bonds is 3. The number of alkyl halides is 3. The summed E-state index contributed by atoms with van der Waals surface area (Å²) in [6, 6.07) is 8.72.